The van der Waals surface area contributed by atoms with Gasteiger partial charge in [0.1, 0.15) is 5.82 Å². The Morgan fingerprint density at radius 3 is 2.26 bits per heavy atom. The van der Waals surface area contributed by atoms with Crippen molar-refractivity contribution in [3.63, 3.8) is 0 Å². The molecule has 2 aromatic carbocycles. The van der Waals surface area contributed by atoms with E-state index in [1.165, 1.54) is 22.6 Å². The van der Waals surface area contributed by atoms with Crippen LogP contribution in [0.1, 0.15) is 18.9 Å². The van der Waals surface area contributed by atoms with E-state index in [2.05, 4.69) is 47.0 Å². The van der Waals surface area contributed by atoms with Crippen LogP contribution >= 0.6 is 23.5 Å². The fraction of sp³-hybridized carbons (Fsp3) is 0.200. The lowest BCUT2D eigenvalue weighted by Crippen LogP contribution is -2.02. The molecular weight excluding hydrogens is 425 g/mol. The second kappa shape index (κ2) is 10.2. The van der Waals surface area contributed by atoms with E-state index in [-0.39, 0.29) is 5.82 Å². The minimum atomic E-state index is -0.245. The monoisotopic (exact) mass is 449 g/mol. The minimum Gasteiger partial charge on any atom is -0.318 e. The number of pyridine rings is 1. The van der Waals surface area contributed by atoms with Crippen LogP contribution in [0.5, 0.6) is 0 Å². The summed E-state index contributed by atoms with van der Waals surface area (Å²) >= 11 is 3.48. The summed E-state index contributed by atoms with van der Waals surface area (Å²) in [5.41, 5.74) is 5.17. The van der Waals surface area contributed by atoms with Gasteiger partial charge in [0.25, 0.3) is 0 Å². The van der Waals surface area contributed by atoms with Crippen LogP contribution in [-0.2, 0) is 12.3 Å². The zero-order valence-corrected chi connectivity index (χ0v) is 19.2. The van der Waals surface area contributed by atoms with Crippen LogP contribution in [0.3, 0.4) is 0 Å². The maximum atomic E-state index is 13.6. The smallest absolute Gasteiger partial charge is 0.169 e. The molecule has 0 atom stereocenters. The van der Waals surface area contributed by atoms with Crippen LogP contribution < -0.4 is 0 Å². The van der Waals surface area contributed by atoms with Crippen LogP contribution in [0.2, 0.25) is 0 Å². The van der Waals surface area contributed by atoms with E-state index < -0.39 is 0 Å². The van der Waals surface area contributed by atoms with Crippen LogP contribution in [0, 0.1) is 5.82 Å². The molecule has 4 aromatic rings. The molecular formula is C25H24FN3S2. The van der Waals surface area contributed by atoms with Gasteiger partial charge in [0.2, 0.25) is 0 Å². The first kappa shape index (κ1) is 21.7. The normalized spacial score (nSPS) is 11.1. The maximum absolute atomic E-state index is 13.6. The van der Waals surface area contributed by atoms with E-state index >= 15 is 0 Å². The number of aromatic nitrogens is 3. The second-order valence-corrected chi connectivity index (χ2v) is 8.94. The van der Waals surface area contributed by atoms with Gasteiger partial charge in [-0.25, -0.2) is 9.37 Å². The molecule has 31 heavy (non-hydrogen) atoms. The molecule has 6 heteroatoms. The van der Waals surface area contributed by atoms with Gasteiger partial charge in [0.15, 0.2) is 5.16 Å². The summed E-state index contributed by atoms with van der Waals surface area (Å²) in [6, 6.07) is 19.3. The number of rotatable bonds is 8. The molecule has 3 nitrogen and oxygen atoms in total. The van der Waals surface area contributed by atoms with Gasteiger partial charge in [-0.2, -0.15) is 0 Å². The Balaban J connectivity index is 1.76. The van der Waals surface area contributed by atoms with E-state index in [9.17, 15) is 4.39 Å². The molecule has 0 radical (unpaired) electrons. The second-order valence-electron chi connectivity index (χ2n) is 7.12. The van der Waals surface area contributed by atoms with Gasteiger partial charge < -0.3 is 4.57 Å². The molecule has 2 aromatic heterocycles. The number of benzene rings is 2. The first-order valence-electron chi connectivity index (χ1n) is 10.2. The Labute approximate surface area is 191 Å². The van der Waals surface area contributed by atoms with E-state index in [1.54, 1.807) is 48.1 Å². The van der Waals surface area contributed by atoms with Crippen molar-refractivity contribution < 1.29 is 4.39 Å². The molecule has 0 bridgehead atoms. The Morgan fingerprint density at radius 2 is 1.61 bits per heavy atom. The maximum Gasteiger partial charge on any atom is 0.169 e. The van der Waals surface area contributed by atoms with Gasteiger partial charge >= 0.3 is 0 Å². The zero-order valence-electron chi connectivity index (χ0n) is 17.6. The average molecular weight is 450 g/mol. The van der Waals surface area contributed by atoms with Gasteiger partial charge in [0, 0.05) is 40.7 Å². The number of nitrogens with zero attached hydrogens (tertiary/aromatic N) is 3. The molecule has 0 amide bonds. The van der Waals surface area contributed by atoms with Gasteiger partial charge in [-0.05, 0) is 66.8 Å². The van der Waals surface area contributed by atoms with E-state index in [0.29, 0.717) is 0 Å². The number of hydrogen-bond donors (Lipinski definition) is 0. The number of halogens is 1. The highest BCUT2D eigenvalue weighted by atomic mass is 32.2. The molecule has 0 aliphatic heterocycles. The highest BCUT2D eigenvalue weighted by Gasteiger charge is 2.20. The van der Waals surface area contributed by atoms with Crippen molar-refractivity contribution in [3.05, 3.63) is 84.4 Å². The third-order valence-electron chi connectivity index (χ3n) is 4.98. The summed E-state index contributed by atoms with van der Waals surface area (Å²) in [6.45, 7) is 3.03. The lowest BCUT2D eigenvalue weighted by molar-refractivity contribution is 0.626. The molecule has 0 saturated heterocycles. The van der Waals surface area contributed by atoms with Gasteiger partial charge in [-0.1, -0.05) is 30.8 Å². The first-order chi connectivity index (χ1) is 15.2. The Kier molecular flexibility index (Phi) is 7.10. The molecule has 0 N–H and O–H groups in total. The van der Waals surface area contributed by atoms with Crippen molar-refractivity contribution in [2.24, 2.45) is 0 Å². The van der Waals surface area contributed by atoms with Crippen molar-refractivity contribution in [1.29, 1.82) is 0 Å². The SMILES string of the molecule is CCCn1c(SCc2ccc(SC)cc2)nc(-c2ccc(F)cc2)c1-c1ccncc1. The lowest BCUT2D eigenvalue weighted by atomic mass is 10.1. The van der Waals surface area contributed by atoms with Crippen molar-refractivity contribution in [3.8, 4) is 22.5 Å². The summed E-state index contributed by atoms with van der Waals surface area (Å²) in [6.07, 6.45) is 6.68. The molecule has 2 heterocycles. The van der Waals surface area contributed by atoms with Crippen LogP contribution in [0.15, 0.2) is 83.1 Å². The van der Waals surface area contributed by atoms with Crippen LogP contribution in [-0.4, -0.2) is 20.8 Å². The van der Waals surface area contributed by atoms with Crippen LogP contribution in [0.4, 0.5) is 4.39 Å². The standard InChI is InChI=1S/C25H24FN3S2/c1-3-16-29-24(20-12-14-27-15-13-20)23(19-6-8-21(26)9-7-19)28-25(29)31-17-18-4-10-22(30-2)11-5-18/h4-15H,3,16-17H2,1-2H3. The summed E-state index contributed by atoms with van der Waals surface area (Å²) < 4.78 is 15.8. The van der Waals surface area contributed by atoms with E-state index in [0.717, 1.165) is 46.4 Å². The predicted molar refractivity (Wildman–Crippen MR) is 129 cm³/mol. The molecule has 0 saturated carbocycles. The van der Waals surface area contributed by atoms with Crippen molar-refractivity contribution in [2.75, 3.05) is 6.26 Å². The number of imidazole rings is 1. The quantitative estimate of drug-likeness (QED) is 0.267. The summed E-state index contributed by atoms with van der Waals surface area (Å²) in [5, 5.41) is 0.974. The molecule has 158 valence electrons. The minimum absolute atomic E-state index is 0.245. The van der Waals surface area contributed by atoms with Crippen LogP contribution in [0.25, 0.3) is 22.5 Å². The number of thioether (sulfide) groups is 2. The van der Waals surface area contributed by atoms with E-state index in [1.807, 2.05) is 12.1 Å². The Hall–Kier alpha value is -2.57. The summed E-state index contributed by atoms with van der Waals surface area (Å²) in [5.74, 6) is 0.596. The highest BCUT2D eigenvalue weighted by molar-refractivity contribution is 7.98. The van der Waals surface area contributed by atoms with Gasteiger partial charge in [-0.15, -0.1) is 11.8 Å². The van der Waals surface area contributed by atoms with Gasteiger partial charge in [-0.3, -0.25) is 4.98 Å². The summed E-state index contributed by atoms with van der Waals surface area (Å²) in [7, 11) is 0. The zero-order chi connectivity index (χ0) is 21.6. The third kappa shape index (κ3) is 5.02. The fourth-order valence-corrected chi connectivity index (χ4v) is 4.85. The van der Waals surface area contributed by atoms with Crippen molar-refractivity contribution in [2.45, 2.75) is 35.7 Å². The van der Waals surface area contributed by atoms with Gasteiger partial charge in [0.05, 0.1) is 11.4 Å². The molecule has 0 fully saturated rings. The van der Waals surface area contributed by atoms with E-state index in [4.69, 9.17) is 4.98 Å². The molecule has 0 aliphatic rings. The summed E-state index contributed by atoms with van der Waals surface area (Å²) in [4.78, 5) is 10.5. The fourth-order valence-electron chi connectivity index (χ4n) is 3.45. The largest absolute Gasteiger partial charge is 0.318 e. The topological polar surface area (TPSA) is 30.7 Å². The Bertz CT molecular complexity index is 1120. The highest BCUT2D eigenvalue weighted by Crippen LogP contribution is 2.37. The number of hydrogen-bond acceptors (Lipinski definition) is 4. The van der Waals surface area contributed by atoms with Crippen molar-refractivity contribution in [1.82, 2.24) is 14.5 Å². The average Bonchev–Trinajstić information content (AvgIpc) is 3.17. The van der Waals surface area contributed by atoms with Crippen molar-refractivity contribution >= 4 is 23.5 Å². The molecule has 0 unspecified atom stereocenters. The third-order valence-corrected chi connectivity index (χ3v) is 6.77. The predicted octanol–water partition coefficient (Wildman–Crippen LogP) is 7.18. The Morgan fingerprint density at radius 1 is 0.903 bits per heavy atom. The molecule has 0 spiro atoms. The molecule has 0 aliphatic carbocycles. The molecule has 4 rings (SSSR count). The first-order valence-corrected chi connectivity index (χ1v) is 12.4. The lowest BCUT2D eigenvalue weighted by Gasteiger charge is -2.12.